The van der Waals surface area contributed by atoms with Gasteiger partial charge in [-0.2, -0.15) is 0 Å². The normalized spacial score (nSPS) is 26.4. The largest absolute Gasteiger partial charge is 0.488 e. The lowest BCUT2D eigenvalue weighted by atomic mass is 9.76. The van der Waals surface area contributed by atoms with Crippen molar-refractivity contribution in [1.29, 1.82) is 0 Å². The first-order chi connectivity index (χ1) is 10.1. The van der Waals surface area contributed by atoms with Gasteiger partial charge in [-0.25, -0.2) is 4.39 Å². The van der Waals surface area contributed by atoms with E-state index in [4.69, 9.17) is 4.74 Å². The minimum atomic E-state index is -1.64. The van der Waals surface area contributed by atoms with E-state index < -0.39 is 12.9 Å². The Hall–Kier alpha value is -0.945. The Morgan fingerprint density at radius 2 is 2.10 bits per heavy atom. The highest BCUT2D eigenvalue weighted by atomic mass is 19.1. The number of benzene rings is 1. The average molecular weight is 293 g/mol. The van der Waals surface area contributed by atoms with Gasteiger partial charge in [0.05, 0.1) is 12.7 Å². The SMILES string of the molecule is OB(O)c1cc(F)ccc1CN1CCOC2CCCCC21. The van der Waals surface area contributed by atoms with Crippen molar-refractivity contribution in [3.63, 3.8) is 0 Å². The first-order valence-electron chi connectivity index (χ1n) is 7.65. The van der Waals surface area contributed by atoms with Crippen LogP contribution in [0.4, 0.5) is 4.39 Å². The summed E-state index contributed by atoms with van der Waals surface area (Å²) in [5.74, 6) is -0.445. The van der Waals surface area contributed by atoms with Crippen LogP contribution in [0.2, 0.25) is 0 Å². The lowest BCUT2D eigenvalue weighted by Gasteiger charge is -2.44. The summed E-state index contributed by atoms with van der Waals surface area (Å²) < 4.78 is 19.1. The summed E-state index contributed by atoms with van der Waals surface area (Å²) in [6.07, 6.45) is 4.92. The van der Waals surface area contributed by atoms with E-state index in [-0.39, 0.29) is 11.6 Å². The number of ether oxygens (including phenoxy) is 1. The van der Waals surface area contributed by atoms with Crippen LogP contribution in [0.1, 0.15) is 31.2 Å². The number of rotatable bonds is 3. The maximum atomic E-state index is 13.3. The minimum absolute atomic E-state index is 0.258. The first kappa shape index (κ1) is 15.0. The van der Waals surface area contributed by atoms with Crippen LogP contribution in [-0.2, 0) is 11.3 Å². The van der Waals surface area contributed by atoms with Crippen molar-refractivity contribution in [2.24, 2.45) is 0 Å². The predicted molar refractivity (Wildman–Crippen MR) is 78.6 cm³/mol. The third kappa shape index (κ3) is 3.29. The third-order valence-electron chi connectivity index (χ3n) is 4.61. The highest BCUT2D eigenvalue weighted by molar-refractivity contribution is 6.59. The van der Waals surface area contributed by atoms with Gasteiger partial charge in [0, 0.05) is 19.1 Å². The van der Waals surface area contributed by atoms with Crippen LogP contribution in [0.25, 0.3) is 0 Å². The van der Waals surface area contributed by atoms with Crippen LogP contribution in [0.3, 0.4) is 0 Å². The van der Waals surface area contributed by atoms with Crippen LogP contribution in [0.5, 0.6) is 0 Å². The molecular weight excluding hydrogens is 272 g/mol. The number of nitrogens with zero attached hydrogens (tertiary/aromatic N) is 1. The van der Waals surface area contributed by atoms with Gasteiger partial charge < -0.3 is 14.8 Å². The number of hydrogen-bond donors (Lipinski definition) is 2. The molecule has 2 fully saturated rings. The molecule has 1 aliphatic heterocycles. The minimum Gasteiger partial charge on any atom is -0.423 e. The summed E-state index contributed by atoms with van der Waals surface area (Å²) in [5, 5.41) is 18.9. The van der Waals surface area contributed by atoms with Crippen molar-refractivity contribution < 1.29 is 19.2 Å². The van der Waals surface area contributed by atoms with Gasteiger partial charge in [0.15, 0.2) is 0 Å². The van der Waals surface area contributed by atoms with Gasteiger partial charge in [-0.3, -0.25) is 4.90 Å². The molecule has 1 saturated heterocycles. The molecule has 0 spiro atoms. The highest BCUT2D eigenvalue weighted by Crippen LogP contribution is 2.29. The topological polar surface area (TPSA) is 52.9 Å². The van der Waals surface area contributed by atoms with Gasteiger partial charge in [0.25, 0.3) is 0 Å². The van der Waals surface area contributed by atoms with E-state index in [9.17, 15) is 14.4 Å². The van der Waals surface area contributed by atoms with E-state index >= 15 is 0 Å². The molecule has 6 heteroatoms. The molecule has 4 nitrogen and oxygen atoms in total. The Morgan fingerprint density at radius 1 is 1.29 bits per heavy atom. The molecule has 2 aliphatic rings. The third-order valence-corrected chi connectivity index (χ3v) is 4.61. The fraction of sp³-hybridized carbons (Fsp3) is 0.600. The van der Waals surface area contributed by atoms with E-state index in [0.29, 0.717) is 19.2 Å². The molecule has 1 saturated carbocycles. The zero-order valence-corrected chi connectivity index (χ0v) is 12.0. The Bertz CT molecular complexity index is 498. The van der Waals surface area contributed by atoms with Crippen molar-refractivity contribution in [2.45, 2.75) is 44.4 Å². The molecule has 21 heavy (non-hydrogen) atoms. The molecule has 114 valence electrons. The van der Waals surface area contributed by atoms with Gasteiger partial charge in [-0.1, -0.05) is 18.9 Å². The van der Waals surface area contributed by atoms with Crippen molar-refractivity contribution in [3.05, 3.63) is 29.6 Å². The Balaban J connectivity index is 1.79. The first-order valence-corrected chi connectivity index (χ1v) is 7.65. The molecule has 0 amide bonds. The smallest absolute Gasteiger partial charge is 0.423 e. The van der Waals surface area contributed by atoms with Gasteiger partial charge in [0.2, 0.25) is 0 Å². The summed E-state index contributed by atoms with van der Waals surface area (Å²) in [7, 11) is -1.64. The number of halogens is 1. The molecule has 0 radical (unpaired) electrons. The second kappa shape index (κ2) is 6.44. The maximum Gasteiger partial charge on any atom is 0.488 e. The molecule has 0 bridgehead atoms. The van der Waals surface area contributed by atoms with Gasteiger partial charge in [-0.15, -0.1) is 0 Å². The summed E-state index contributed by atoms with van der Waals surface area (Å²) in [5.41, 5.74) is 1.03. The van der Waals surface area contributed by atoms with Crippen LogP contribution >= 0.6 is 0 Å². The molecule has 1 aliphatic carbocycles. The zero-order chi connectivity index (χ0) is 14.8. The van der Waals surface area contributed by atoms with Gasteiger partial charge in [0.1, 0.15) is 5.82 Å². The Labute approximate surface area is 124 Å². The fourth-order valence-electron chi connectivity index (χ4n) is 3.54. The summed E-state index contributed by atoms with van der Waals surface area (Å²) in [6, 6.07) is 4.62. The summed E-state index contributed by atoms with van der Waals surface area (Å²) in [4.78, 5) is 2.34. The standard InChI is InChI=1S/C15H21BFNO3/c17-12-6-5-11(13(9-12)16(19)20)10-18-7-8-21-15-4-2-1-3-14(15)18/h5-6,9,14-15,19-20H,1-4,7-8,10H2. The number of hydrogen-bond acceptors (Lipinski definition) is 4. The molecule has 2 atom stereocenters. The summed E-state index contributed by atoms with van der Waals surface area (Å²) in [6.45, 7) is 2.15. The quantitative estimate of drug-likeness (QED) is 0.804. The Kier molecular flexibility index (Phi) is 4.59. The van der Waals surface area contributed by atoms with Crippen molar-refractivity contribution in [2.75, 3.05) is 13.2 Å². The molecule has 1 aromatic carbocycles. The number of fused-ring (bicyclic) bond motifs is 1. The predicted octanol–water partition coefficient (Wildman–Crippen LogP) is 0.649. The van der Waals surface area contributed by atoms with Crippen molar-refractivity contribution >= 4 is 12.6 Å². The molecule has 1 aromatic rings. The molecule has 1 heterocycles. The van der Waals surface area contributed by atoms with E-state index in [0.717, 1.165) is 24.9 Å². The highest BCUT2D eigenvalue weighted by Gasteiger charge is 2.34. The molecular formula is C15H21BFNO3. The van der Waals surface area contributed by atoms with E-state index in [1.54, 1.807) is 6.07 Å². The molecule has 2 unspecified atom stereocenters. The monoisotopic (exact) mass is 293 g/mol. The van der Waals surface area contributed by atoms with Crippen LogP contribution in [0, 0.1) is 5.82 Å². The molecule has 3 rings (SSSR count). The van der Waals surface area contributed by atoms with Gasteiger partial charge in [-0.05, 0) is 36.0 Å². The lowest BCUT2D eigenvalue weighted by molar-refractivity contribution is -0.0910. The van der Waals surface area contributed by atoms with E-state index in [1.807, 2.05) is 0 Å². The fourth-order valence-corrected chi connectivity index (χ4v) is 3.54. The molecule has 0 aromatic heterocycles. The van der Waals surface area contributed by atoms with E-state index in [2.05, 4.69) is 4.90 Å². The number of morpholine rings is 1. The van der Waals surface area contributed by atoms with Crippen molar-refractivity contribution in [3.8, 4) is 0 Å². The average Bonchev–Trinajstić information content (AvgIpc) is 2.49. The zero-order valence-electron chi connectivity index (χ0n) is 12.0. The Morgan fingerprint density at radius 3 is 2.90 bits per heavy atom. The summed E-state index contributed by atoms with van der Waals surface area (Å²) >= 11 is 0. The second-order valence-electron chi connectivity index (χ2n) is 5.95. The lowest BCUT2D eigenvalue weighted by Crippen LogP contribution is -2.52. The molecule has 2 N–H and O–H groups in total. The van der Waals surface area contributed by atoms with E-state index in [1.165, 1.54) is 25.0 Å². The second-order valence-corrected chi connectivity index (χ2v) is 5.95. The van der Waals surface area contributed by atoms with Crippen LogP contribution in [-0.4, -0.2) is 47.4 Å². The van der Waals surface area contributed by atoms with Crippen molar-refractivity contribution in [1.82, 2.24) is 4.90 Å². The van der Waals surface area contributed by atoms with Gasteiger partial charge >= 0.3 is 7.12 Å². The maximum absolute atomic E-state index is 13.3. The van der Waals surface area contributed by atoms with Crippen LogP contribution < -0.4 is 5.46 Å². The van der Waals surface area contributed by atoms with Crippen LogP contribution in [0.15, 0.2) is 18.2 Å².